The van der Waals surface area contributed by atoms with Crippen molar-refractivity contribution in [2.24, 2.45) is 5.73 Å². The minimum Gasteiger partial charge on any atom is -0.469 e. The predicted octanol–water partition coefficient (Wildman–Crippen LogP) is 3.00. The summed E-state index contributed by atoms with van der Waals surface area (Å²) in [6.07, 6.45) is 0.310. The average molecular weight is 263 g/mol. The van der Waals surface area contributed by atoms with E-state index in [1.807, 2.05) is 13.8 Å². The predicted molar refractivity (Wildman–Crippen MR) is 78.3 cm³/mol. The molecule has 0 heterocycles. The maximum Gasteiger partial charge on any atom is 0.306 e. The van der Waals surface area contributed by atoms with Crippen LogP contribution in [0.5, 0.6) is 0 Å². The fourth-order valence-electron chi connectivity index (χ4n) is 2.73. The summed E-state index contributed by atoms with van der Waals surface area (Å²) in [4.78, 5) is 11.7. The van der Waals surface area contributed by atoms with E-state index in [9.17, 15) is 4.79 Å². The molecule has 1 aromatic carbocycles. The zero-order chi connectivity index (χ0) is 14.8. The highest BCUT2D eigenvalue weighted by atomic mass is 16.5. The van der Waals surface area contributed by atoms with E-state index in [0.717, 1.165) is 0 Å². The second-order valence-electron chi connectivity index (χ2n) is 5.97. The third-order valence-electron chi connectivity index (χ3n) is 3.58. The van der Waals surface area contributed by atoms with Gasteiger partial charge in [-0.05, 0) is 51.3 Å². The van der Waals surface area contributed by atoms with E-state index >= 15 is 0 Å². The molecule has 3 nitrogen and oxygen atoms in total. The molecule has 1 aromatic rings. The Hall–Kier alpha value is -1.35. The molecule has 0 saturated carbocycles. The summed E-state index contributed by atoms with van der Waals surface area (Å²) >= 11 is 0. The number of hydrogen-bond acceptors (Lipinski definition) is 3. The lowest BCUT2D eigenvalue weighted by atomic mass is 9.76. The number of carbonyl (C=O) groups is 1. The summed E-state index contributed by atoms with van der Waals surface area (Å²) in [6.45, 7) is 10.1. The van der Waals surface area contributed by atoms with Gasteiger partial charge >= 0.3 is 5.97 Å². The molecule has 0 amide bonds. The molecule has 0 saturated heterocycles. The third-order valence-corrected chi connectivity index (χ3v) is 3.58. The van der Waals surface area contributed by atoms with Crippen LogP contribution in [0.1, 0.15) is 48.4 Å². The van der Waals surface area contributed by atoms with E-state index in [2.05, 4.69) is 32.9 Å². The van der Waals surface area contributed by atoms with Crippen molar-refractivity contribution in [3.05, 3.63) is 34.4 Å². The van der Waals surface area contributed by atoms with E-state index in [4.69, 9.17) is 10.5 Å². The molecule has 1 atom stereocenters. The van der Waals surface area contributed by atoms with Gasteiger partial charge in [-0.2, -0.15) is 0 Å². The Bertz CT molecular complexity index is 449. The molecule has 0 aliphatic carbocycles. The lowest BCUT2D eigenvalue weighted by Crippen LogP contribution is -2.41. The fourth-order valence-corrected chi connectivity index (χ4v) is 2.73. The van der Waals surface area contributed by atoms with Crippen LogP contribution in [-0.4, -0.2) is 18.6 Å². The van der Waals surface area contributed by atoms with E-state index in [-0.39, 0.29) is 11.9 Å². The summed E-state index contributed by atoms with van der Waals surface area (Å²) in [5.74, 6) is -0.261. The van der Waals surface area contributed by atoms with Crippen LogP contribution >= 0.6 is 0 Å². The molecule has 106 valence electrons. The Morgan fingerprint density at radius 2 is 1.74 bits per heavy atom. The first-order valence-electron chi connectivity index (χ1n) is 6.60. The number of hydrogen-bond donors (Lipinski definition) is 1. The highest BCUT2D eigenvalue weighted by Gasteiger charge is 2.31. The molecule has 19 heavy (non-hydrogen) atoms. The van der Waals surface area contributed by atoms with Gasteiger partial charge in [0.1, 0.15) is 0 Å². The Labute approximate surface area is 116 Å². The number of methoxy groups -OCH3 is 1. The molecule has 1 rings (SSSR count). The van der Waals surface area contributed by atoms with Crippen LogP contribution in [0.15, 0.2) is 12.1 Å². The summed E-state index contributed by atoms with van der Waals surface area (Å²) < 4.78 is 4.81. The number of benzene rings is 1. The van der Waals surface area contributed by atoms with Crippen molar-refractivity contribution >= 4 is 5.97 Å². The number of rotatable bonds is 4. The van der Waals surface area contributed by atoms with Crippen molar-refractivity contribution in [2.75, 3.05) is 7.11 Å². The van der Waals surface area contributed by atoms with Crippen LogP contribution in [0, 0.1) is 20.8 Å². The van der Waals surface area contributed by atoms with Crippen LogP contribution < -0.4 is 5.73 Å². The van der Waals surface area contributed by atoms with Gasteiger partial charge in [0.15, 0.2) is 0 Å². The number of ether oxygens (including phenoxy) is 1. The molecule has 0 bridgehead atoms. The Balaban J connectivity index is 3.30. The standard InChI is InChI=1S/C16H25NO2/c1-10-7-11(2)15(12(3)8-10)13(16(4,5)17)9-14(18)19-6/h7-8,13H,9,17H2,1-6H3. The van der Waals surface area contributed by atoms with Crippen molar-refractivity contribution in [2.45, 2.75) is 52.5 Å². The molecule has 0 fully saturated rings. The maximum absolute atomic E-state index is 11.7. The van der Waals surface area contributed by atoms with Crippen molar-refractivity contribution < 1.29 is 9.53 Å². The van der Waals surface area contributed by atoms with Crippen molar-refractivity contribution in [1.29, 1.82) is 0 Å². The van der Waals surface area contributed by atoms with Gasteiger partial charge in [0, 0.05) is 11.5 Å². The monoisotopic (exact) mass is 263 g/mol. The SMILES string of the molecule is COC(=O)CC(c1c(C)cc(C)cc1C)C(C)(C)N. The Morgan fingerprint density at radius 1 is 1.26 bits per heavy atom. The van der Waals surface area contributed by atoms with Gasteiger partial charge in [0.25, 0.3) is 0 Å². The second kappa shape index (κ2) is 5.74. The molecule has 0 aliphatic rings. The molecule has 0 aliphatic heterocycles. The van der Waals surface area contributed by atoms with Crippen molar-refractivity contribution in [1.82, 2.24) is 0 Å². The normalized spacial score (nSPS) is 13.2. The molecule has 0 aromatic heterocycles. The number of aryl methyl sites for hydroxylation is 3. The maximum atomic E-state index is 11.7. The van der Waals surface area contributed by atoms with Gasteiger partial charge in [-0.25, -0.2) is 0 Å². The van der Waals surface area contributed by atoms with Crippen LogP contribution in [0.3, 0.4) is 0 Å². The summed E-state index contributed by atoms with van der Waals surface area (Å²) in [7, 11) is 1.41. The summed E-state index contributed by atoms with van der Waals surface area (Å²) in [5.41, 5.74) is 10.6. The lowest BCUT2D eigenvalue weighted by molar-refractivity contribution is -0.141. The first-order valence-corrected chi connectivity index (χ1v) is 6.60. The van der Waals surface area contributed by atoms with Crippen LogP contribution in [0.25, 0.3) is 0 Å². The molecule has 2 N–H and O–H groups in total. The topological polar surface area (TPSA) is 52.3 Å². The largest absolute Gasteiger partial charge is 0.469 e. The number of esters is 1. The van der Waals surface area contributed by atoms with Crippen LogP contribution in [-0.2, 0) is 9.53 Å². The lowest BCUT2D eigenvalue weighted by Gasteiger charge is -2.32. The van der Waals surface area contributed by atoms with Gasteiger partial charge in [-0.15, -0.1) is 0 Å². The van der Waals surface area contributed by atoms with Crippen LogP contribution in [0.4, 0.5) is 0 Å². The number of carbonyl (C=O) groups excluding carboxylic acids is 1. The zero-order valence-corrected chi connectivity index (χ0v) is 12.8. The zero-order valence-electron chi connectivity index (χ0n) is 12.8. The fraction of sp³-hybridized carbons (Fsp3) is 0.562. The first kappa shape index (κ1) is 15.7. The quantitative estimate of drug-likeness (QED) is 0.850. The van der Waals surface area contributed by atoms with Crippen molar-refractivity contribution in [3.63, 3.8) is 0 Å². The van der Waals surface area contributed by atoms with E-state index in [1.165, 1.54) is 29.4 Å². The minimum atomic E-state index is -0.473. The van der Waals surface area contributed by atoms with Crippen LogP contribution in [0.2, 0.25) is 0 Å². The average Bonchev–Trinajstić information content (AvgIpc) is 2.24. The molecule has 1 unspecified atom stereocenters. The van der Waals surface area contributed by atoms with E-state index in [0.29, 0.717) is 6.42 Å². The minimum absolute atomic E-state index is 0.0412. The Kier molecular flexibility index (Phi) is 4.75. The van der Waals surface area contributed by atoms with E-state index < -0.39 is 5.54 Å². The molecule has 0 spiro atoms. The van der Waals surface area contributed by atoms with Gasteiger partial charge in [0.05, 0.1) is 13.5 Å². The van der Waals surface area contributed by atoms with Gasteiger partial charge in [-0.3, -0.25) is 4.79 Å². The Morgan fingerprint density at radius 3 is 2.11 bits per heavy atom. The molecular formula is C16H25NO2. The molecule has 3 heteroatoms. The smallest absolute Gasteiger partial charge is 0.306 e. The third kappa shape index (κ3) is 3.80. The van der Waals surface area contributed by atoms with Gasteiger partial charge < -0.3 is 10.5 Å². The first-order chi connectivity index (χ1) is 8.66. The highest BCUT2D eigenvalue weighted by Crippen LogP contribution is 2.34. The molecule has 0 radical (unpaired) electrons. The van der Waals surface area contributed by atoms with Gasteiger partial charge in [-0.1, -0.05) is 17.7 Å². The summed E-state index contributed by atoms with van der Waals surface area (Å²) in [5, 5.41) is 0. The summed E-state index contributed by atoms with van der Waals surface area (Å²) in [6, 6.07) is 4.27. The van der Waals surface area contributed by atoms with Crippen molar-refractivity contribution in [3.8, 4) is 0 Å². The number of nitrogens with two attached hydrogens (primary N) is 1. The van der Waals surface area contributed by atoms with E-state index in [1.54, 1.807) is 0 Å². The highest BCUT2D eigenvalue weighted by molar-refractivity contribution is 5.71. The van der Waals surface area contributed by atoms with Gasteiger partial charge in [0.2, 0.25) is 0 Å². The second-order valence-corrected chi connectivity index (χ2v) is 5.97. The molecular weight excluding hydrogens is 238 g/mol.